The molecule has 236 valence electrons. The monoisotopic (exact) mass is 606 g/mol. The number of halogens is 3. The highest BCUT2D eigenvalue weighted by molar-refractivity contribution is 5.70. The van der Waals surface area contributed by atoms with Gasteiger partial charge in [0.05, 0.1) is 6.10 Å². The van der Waals surface area contributed by atoms with Gasteiger partial charge in [0.25, 0.3) is 0 Å². The van der Waals surface area contributed by atoms with Crippen LogP contribution >= 0.6 is 0 Å². The number of carboxylic acids is 1. The third-order valence-corrected chi connectivity index (χ3v) is 8.72. The van der Waals surface area contributed by atoms with Gasteiger partial charge in [0.1, 0.15) is 17.6 Å². The van der Waals surface area contributed by atoms with Crippen LogP contribution in [0.3, 0.4) is 0 Å². The fourth-order valence-electron chi connectivity index (χ4n) is 6.69. The summed E-state index contributed by atoms with van der Waals surface area (Å²) in [7, 11) is 0. The van der Waals surface area contributed by atoms with Crippen LogP contribution in [0.1, 0.15) is 75.0 Å². The summed E-state index contributed by atoms with van der Waals surface area (Å²) in [4.78, 5) is 23.8. The first-order chi connectivity index (χ1) is 20.5. The first-order valence-electron chi connectivity index (χ1n) is 15.2. The lowest BCUT2D eigenvalue weighted by Gasteiger charge is -2.32. The molecule has 1 saturated carbocycles. The van der Waals surface area contributed by atoms with Gasteiger partial charge in [0.15, 0.2) is 6.61 Å². The van der Waals surface area contributed by atoms with Crippen LogP contribution in [-0.4, -0.2) is 47.3 Å². The fraction of sp³-hybridized carbons (Fsp3) is 0.576. The molecular weight excluding hydrogens is 565 g/mol. The number of carbonyl (C=O) groups is 2. The maximum Gasteiger partial charge on any atom is 0.573 e. The second-order valence-electron chi connectivity index (χ2n) is 11.8. The summed E-state index contributed by atoms with van der Waals surface area (Å²) < 4.78 is 52.5. The molecule has 4 rings (SSSR count). The highest BCUT2D eigenvalue weighted by atomic mass is 19.4. The summed E-state index contributed by atoms with van der Waals surface area (Å²) >= 11 is 0. The molecule has 0 unspecified atom stereocenters. The number of unbranched alkanes of at least 4 members (excludes halogenated alkanes) is 2. The molecule has 0 aromatic heterocycles. The molecule has 0 aliphatic heterocycles. The van der Waals surface area contributed by atoms with Crippen molar-refractivity contribution in [2.24, 2.45) is 17.8 Å². The molecule has 2 aliphatic carbocycles. The summed E-state index contributed by atoms with van der Waals surface area (Å²) in [6.07, 6.45) is 2.32. The van der Waals surface area contributed by atoms with E-state index >= 15 is 0 Å². The Bertz CT molecular complexity index is 1210. The van der Waals surface area contributed by atoms with Gasteiger partial charge in [-0.25, -0.2) is 4.79 Å². The van der Waals surface area contributed by atoms with Crippen LogP contribution in [0.15, 0.2) is 42.5 Å². The van der Waals surface area contributed by atoms with Crippen LogP contribution in [0.2, 0.25) is 0 Å². The summed E-state index contributed by atoms with van der Waals surface area (Å²) in [5.74, 6) is -0.437. The number of aryl methyl sites for hydroxylation is 1. The molecule has 2 N–H and O–H groups in total. The van der Waals surface area contributed by atoms with Gasteiger partial charge >= 0.3 is 18.3 Å². The van der Waals surface area contributed by atoms with Crippen molar-refractivity contribution in [1.29, 1.82) is 0 Å². The van der Waals surface area contributed by atoms with Crippen molar-refractivity contribution in [3.05, 3.63) is 59.2 Å². The molecule has 0 saturated heterocycles. The number of aliphatic hydroxyl groups excluding tert-OH is 1. The van der Waals surface area contributed by atoms with Crippen LogP contribution in [0.5, 0.6) is 11.5 Å². The summed E-state index contributed by atoms with van der Waals surface area (Å²) in [5.41, 5.74) is 2.88. The molecule has 0 amide bonds. The molecule has 0 radical (unpaired) electrons. The molecule has 2 aliphatic rings. The van der Waals surface area contributed by atoms with E-state index in [1.54, 1.807) is 6.07 Å². The number of alkyl halides is 3. The zero-order chi connectivity index (χ0) is 31.0. The molecule has 7 nitrogen and oxygen atoms in total. The van der Waals surface area contributed by atoms with Crippen molar-refractivity contribution in [3.8, 4) is 11.5 Å². The molecule has 0 heterocycles. The molecule has 10 heteroatoms. The van der Waals surface area contributed by atoms with Crippen LogP contribution in [0, 0.1) is 17.8 Å². The van der Waals surface area contributed by atoms with E-state index in [9.17, 15) is 27.9 Å². The third kappa shape index (κ3) is 9.61. The van der Waals surface area contributed by atoms with E-state index in [1.165, 1.54) is 24.3 Å². The van der Waals surface area contributed by atoms with E-state index in [1.807, 2.05) is 12.1 Å². The largest absolute Gasteiger partial charge is 0.573 e. The molecule has 0 spiro atoms. The summed E-state index contributed by atoms with van der Waals surface area (Å²) in [6.45, 7) is 1.72. The van der Waals surface area contributed by atoms with E-state index in [2.05, 4.69) is 11.7 Å². The van der Waals surface area contributed by atoms with E-state index in [4.69, 9.17) is 14.6 Å². The van der Waals surface area contributed by atoms with Crippen LogP contribution in [0.4, 0.5) is 13.2 Å². The zero-order valence-corrected chi connectivity index (χ0v) is 24.5. The van der Waals surface area contributed by atoms with E-state index in [0.717, 1.165) is 56.1 Å². The molecule has 43 heavy (non-hydrogen) atoms. The smallest absolute Gasteiger partial charge is 0.482 e. The number of ether oxygens (including phenoxy) is 3. The second kappa shape index (κ2) is 14.9. The number of esters is 1. The highest BCUT2D eigenvalue weighted by Gasteiger charge is 2.45. The topological polar surface area (TPSA) is 102 Å². The van der Waals surface area contributed by atoms with Gasteiger partial charge in [0, 0.05) is 6.42 Å². The number of rotatable bonds is 15. The van der Waals surface area contributed by atoms with Crippen molar-refractivity contribution < 1.29 is 47.2 Å². The number of aliphatic hydroxyl groups is 1. The van der Waals surface area contributed by atoms with Gasteiger partial charge in [-0.05, 0) is 104 Å². The fourth-order valence-corrected chi connectivity index (χ4v) is 6.69. The maximum absolute atomic E-state index is 12.8. The minimum absolute atomic E-state index is 0.0755. The van der Waals surface area contributed by atoms with Gasteiger partial charge in [-0.15, -0.1) is 13.2 Å². The van der Waals surface area contributed by atoms with Crippen molar-refractivity contribution in [2.75, 3.05) is 6.61 Å². The summed E-state index contributed by atoms with van der Waals surface area (Å²) in [6, 6.07) is 11.2. The Balaban J connectivity index is 1.32. The Morgan fingerprint density at radius 1 is 1.05 bits per heavy atom. The predicted molar refractivity (Wildman–Crippen MR) is 153 cm³/mol. The number of benzene rings is 2. The third-order valence-electron chi connectivity index (χ3n) is 8.72. The number of hydrogen-bond donors (Lipinski definition) is 2. The number of aliphatic carboxylic acids is 1. The first-order valence-corrected chi connectivity index (χ1v) is 15.2. The SMILES string of the molecule is CCCCC[C@@H](CC[C@@H]1[C@H]2Cc3cccc(OCC(=O)O)c3C[C@H]2C[C@H]1O)OC(=O)CCc1ccc(OC(F)(F)F)cc1. The Morgan fingerprint density at radius 2 is 1.81 bits per heavy atom. The Kier molecular flexibility index (Phi) is 11.3. The maximum atomic E-state index is 12.8. The van der Waals surface area contributed by atoms with Crippen LogP contribution in [-0.2, 0) is 33.6 Å². The normalized spacial score (nSPS) is 21.9. The van der Waals surface area contributed by atoms with Gasteiger partial charge < -0.3 is 24.4 Å². The van der Waals surface area contributed by atoms with Crippen molar-refractivity contribution >= 4 is 11.9 Å². The van der Waals surface area contributed by atoms with E-state index in [-0.39, 0.29) is 42.0 Å². The lowest BCUT2D eigenvalue weighted by Crippen LogP contribution is -2.29. The first kappa shape index (κ1) is 32.6. The van der Waals surface area contributed by atoms with Crippen molar-refractivity contribution in [3.63, 3.8) is 0 Å². The Labute approximate surface area is 250 Å². The number of hydrogen-bond acceptors (Lipinski definition) is 6. The van der Waals surface area contributed by atoms with Crippen LogP contribution in [0.25, 0.3) is 0 Å². The second-order valence-corrected chi connectivity index (χ2v) is 11.8. The van der Waals surface area contributed by atoms with Crippen molar-refractivity contribution in [1.82, 2.24) is 0 Å². The molecule has 1 fully saturated rings. The minimum atomic E-state index is -4.75. The molecule has 2 aromatic rings. The minimum Gasteiger partial charge on any atom is -0.482 e. The van der Waals surface area contributed by atoms with Crippen molar-refractivity contribution in [2.45, 2.75) is 96.1 Å². The average molecular weight is 607 g/mol. The molecule has 2 aromatic carbocycles. The lowest BCUT2D eigenvalue weighted by atomic mass is 9.73. The number of fused-ring (bicyclic) bond motifs is 2. The van der Waals surface area contributed by atoms with Crippen LogP contribution < -0.4 is 9.47 Å². The van der Waals surface area contributed by atoms with Gasteiger partial charge in [-0.2, -0.15) is 0 Å². The molecule has 5 atom stereocenters. The zero-order valence-electron chi connectivity index (χ0n) is 24.5. The number of carbonyl (C=O) groups excluding carboxylic acids is 1. The predicted octanol–water partition coefficient (Wildman–Crippen LogP) is 6.67. The Morgan fingerprint density at radius 3 is 2.51 bits per heavy atom. The molecule has 0 bridgehead atoms. The van der Waals surface area contributed by atoms with Gasteiger partial charge in [-0.1, -0.05) is 44.0 Å². The Hall–Kier alpha value is -3.27. The van der Waals surface area contributed by atoms with Gasteiger partial charge in [-0.3, -0.25) is 4.79 Å². The highest BCUT2D eigenvalue weighted by Crippen LogP contribution is 2.48. The van der Waals surface area contributed by atoms with E-state index < -0.39 is 25.0 Å². The average Bonchev–Trinajstić information content (AvgIpc) is 3.25. The number of carboxylic acid groups (broad SMARTS) is 1. The lowest BCUT2D eigenvalue weighted by molar-refractivity contribution is -0.274. The van der Waals surface area contributed by atoms with E-state index in [0.29, 0.717) is 30.6 Å². The van der Waals surface area contributed by atoms with Gasteiger partial charge in [0.2, 0.25) is 0 Å². The summed E-state index contributed by atoms with van der Waals surface area (Å²) in [5, 5.41) is 20.1. The quantitative estimate of drug-likeness (QED) is 0.173. The molecular formula is C33H41F3O7. The standard InChI is InChI=1S/C33H41F3O7/c1-2-3-4-7-24(42-32(40)16-11-21-9-12-25(13-10-21)43-33(34,35)36)14-15-26-27-17-22-6-5-8-30(41-20-31(38)39)28(22)18-23(27)19-29(26)37/h5-6,8-10,12-13,23-24,26-27,29,37H,2-4,7,11,14-20H2,1H3,(H,38,39)/t23-,24-,26+,27-,29+/m0/s1.